The molecule has 1 N–H and O–H groups in total. The van der Waals surface area contributed by atoms with Crippen molar-refractivity contribution in [2.24, 2.45) is 0 Å². The lowest BCUT2D eigenvalue weighted by Gasteiger charge is -2.20. The first kappa shape index (κ1) is 11.0. The van der Waals surface area contributed by atoms with Crippen LogP contribution in [0.15, 0.2) is 10.6 Å². The highest BCUT2D eigenvalue weighted by Crippen LogP contribution is 2.28. The van der Waals surface area contributed by atoms with Crippen molar-refractivity contribution in [3.63, 3.8) is 0 Å². The van der Waals surface area contributed by atoms with E-state index in [1.807, 2.05) is 18.7 Å². The zero-order valence-corrected chi connectivity index (χ0v) is 10.3. The van der Waals surface area contributed by atoms with Crippen molar-refractivity contribution in [3.8, 4) is 0 Å². The van der Waals surface area contributed by atoms with E-state index in [0.29, 0.717) is 11.3 Å². The first-order valence-electron chi connectivity index (χ1n) is 5.47. The third kappa shape index (κ3) is 2.55. The molecule has 2 heterocycles. The van der Waals surface area contributed by atoms with Crippen molar-refractivity contribution < 1.29 is 4.42 Å². The number of aromatic nitrogens is 1. The zero-order valence-electron chi connectivity index (χ0n) is 9.49. The summed E-state index contributed by atoms with van der Waals surface area (Å²) in [5.41, 5.74) is 0. The number of rotatable bonds is 3. The maximum absolute atomic E-state index is 5.51. The van der Waals surface area contributed by atoms with Crippen molar-refractivity contribution in [2.75, 3.05) is 5.75 Å². The van der Waals surface area contributed by atoms with Crippen LogP contribution in [-0.2, 0) is 0 Å². The summed E-state index contributed by atoms with van der Waals surface area (Å²) in [6.07, 6.45) is 3.02. The van der Waals surface area contributed by atoms with Crippen molar-refractivity contribution in [3.05, 3.63) is 17.8 Å². The Kier molecular flexibility index (Phi) is 3.36. The minimum atomic E-state index is 0.213. The molecule has 2 rings (SSSR count). The Bertz CT molecular complexity index is 326. The van der Waals surface area contributed by atoms with Crippen molar-refractivity contribution in [2.45, 2.75) is 44.5 Å². The predicted octanol–water partition coefficient (Wildman–Crippen LogP) is 2.53. The van der Waals surface area contributed by atoms with E-state index in [-0.39, 0.29) is 6.04 Å². The molecule has 3 unspecified atom stereocenters. The van der Waals surface area contributed by atoms with Gasteiger partial charge < -0.3 is 9.73 Å². The van der Waals surface area contributed by atoms with Gasteiger partial charge in [0.15, 0.2) is 0 Å². The van der Waals surface area contributed by atoms with Crippen LogP contribution in [0.5, 0.6) is 0 Å². The highest BCUT2D eigenvalue weighted by molar-refractivity contribution is 8.00. The summed E-state index contributed by atoms with van der Waals surface area (Å²) < 4.78 is 5.51. The largest absolute Gasteiger partial charge is 0.444 e. The van der Waals surface area contributed by atoms with Gasteiger partial charge in [-0.1, -0.05) is 6.92 Å². The molecule has 1 aromatic heterocycles. The normalized spacial score (nSPS) is 28.2. The topological polar surface area (TPSA) is 38.1 Å². The van der Waals surface area contributed by atoms with Gasteiger partial charge in [-0.3, -0.25) is 0 Å². The molecule has 0 saturated carbocycles. The van der Waals surface area contributed by atoms with Crippen LogP contribution < -0.4 is 5.32 Å². The summed E-state index contributed by atoms with van der Waals surface area (Å²) in [5.74, 6) is 2.94. The maximum Gasteiger partial charge on any atom is 0.211 e. The van der Waals surface area contributed by atoms with Crippen molar-refractivity contribution in [1.29, 1.82) is 0 Å². The summed E-state index contributed by atoms with van der Waals surface area (Å²) in [6.45, 7) is 6.32. The molecule has 0 aliphatic carbocycles. The molecule has 1 aliphatic heterocycles. The van der Waals surface area contributed by atoms with Crippen LogP contribution in [-0.4, -0.2) is 22.0 Å². The first-order chi connectivity index (χ1) is 7.16. The molecule has 3 atom stereocenters. The standard InChI is InChI=1S/C11H18N2OS/c1-7-6-12-11(14-7)8(2)13-10-4-5-15-9(10)3/h6,8-10,13H,4-5H2,1-3H3. The van der Waals surface area contributed by atoms with Crippen LogP contribution in [0.1, 0.15) is 38.0 Å². The summed E-state index contributed by atoms with van der Waals surface area (Å²) in [7, 11) is 0. The summed E-state index contributed by atoms with van der Waals surface area (Å²) in [6, 6.07) is 0.807. The number of thioether (sulfide) groups is 1. The van der Waals surface area contributed by atoms with E-state index in [1.165, 1.54) is 12.2 Å². The van der Waals surface area contributed by atoms with E-state index in [1.54, 1.807) is 6.20 Å². The highest BCUT2D eigenvalue weighted by atomic mass is 32.2. The Morgan fingerprint density at radius 1 is 1.67 bits per heavy atom. The van der Waals surface area contributed by atoms with Gasteiger partial charge in [0.05, 0.1) is 12.2 Å². The molecule has 1 saturated heterocycles. The van der Waals surface area contributed by atoms with Gasteiger partial charge in [0, 0.05) is 11.3 Å². The lowest BCUT2D eigenvalue weighted by atomic mass is 10.1. The lowest BCUT2D eigenvalue weighted by Crippen LogP contribution is -2.35. The minimum absolute atomic E-state index is 0.213. The van der Waals surface area contributed by atoms with E-state index in [0.717, 1.165) is 11.7 Å². The molecule has 4 heteroatoms. The fourth-order valence-corrected chi connectivity index (χ4v) is 3.12. The number of hydrogen-bond acceptors (Lipinski definition) is 4. The third-order valence-corrected chi connectivity index (χ3v) is 4.18. The molecule has 0 bridgehead atoms. The van der Waals surface area contributed by atoms with Crippen molar-refractivity contribution in [1.82, 2.24) is 10.3 Å². The van der Waals surface area contributed by atoms with Crippen LogP contribution >= 0.6 is 11.8 Å². The molecule has 3 nitrogen and oxygen atoms in total. The van der Waals surface area contributed by atoms with Crippen LogP contribution in [0.4, 0.5) is 0 Å². The zero-order chi connectivity index (χ0) is 10.8. The second kappa shape index (κ2) is 4.58. The van der Waals surface area contributed by atoms with E-state index in [9.17, 15) is 0 Å². The molecular formula is C11H18N2OS. The van der Waals surface area contributed by atoms with E-state index < -0.39 is 0 Å². The second-order valence-electron chi connectivity index (χ2n) is 4.17. The highest BCUT2D eigenvalue weighted by Gasteiger charge is 2.26. The Hall–Kier alpha value is -0.480. The minimum Gasteiger partial charge on any atom is -0.444 e. The van der Waals surface area contributed by atoms with Gasteiger partial charge in [0.2, 0.25) is 5.89 Å². The average Bonchev–Trinajstić information content (AvgIpc) is 2.77. The summed E-state index contributed by atoms with van der Waals surface area (Å²) >= 11 is 2.03. The van der Waals surface area contributed by atoms with Gasteiger partial charge in [0.1, 0.15) is 5.76 Å². The Balaban J connectivity index is 1.94. The van der Waals surface area contributed by atoms with Gasteiger partial charge >= 0.3 is 0 Å². The lowest BCUT2D eigenvalue weighted by molar-refractivity contribution is 0.368. The molecule has 0 aromatic carbocycles. The molecule has 15 heavy (non-hydrogen) atoms. The van der Waals surface area contributed by atoms with E-state index in [4.69, 9.17) is 4.42 Å². The monoisotopic (exact) mass is 226 g/mol. The molecule has 0 spiro atoms. The molecule has 84 valence electrons. The second-order valence-corrected chi connectivity index (χ2v) is 5.65. The van der Waals surface area contributed by atoms with Gasteiger partial charge in [-0.05, 0) is 26.0 Å². The molecule has 0 amide bonds. The van der Waals surface area contributed by atoms with Crippen molar-refractivity contribution >= 4 is 11.8 Å². The SMILES string of the molecule is Cc1cnc(C(C)NC2CCSC2C)o1. The smallest absolute Gasteiger partial charge is 0.211 e. The van der Waals surface area contributed by atoms with Gasteiger partial charge in [0.25, 0.3) is 0 Å². The molecule has 1 aliphatic rings. The summed E-state index contributed by atoms with van der Waals surface area (Å²) in [4.78, 5) is 4.25. The summed E-state index contributed by atoms with van der Waals surface area (Å²) in [5, 5.41) is 4.28. The van der Waals surface area contributed by atoms with E-state index >= 15 is 0 Å². The number of nitrogens with one attached hydrogen (secondary N) is 1. The fourth-order valence-electron chi connectivity index (χ4n) is 1.92. The van der Waals surface area contributed by atoms with Crippen LogP contribution in [0, 0.1) is 6.92 Å². The van der Waals surface area contributed by atoms with Crippen LogP contribution in [0.3, 0.4) is 0 Å². The maximum atomic E-state index is 5.51. The van der Waals surface area contributed by atoms with Gasteiger partial charge in [-0.15, -0.1) is 0 Å². The predicted molar refractivity (Wildman–Crippen MR) is 63.1 cm³/mol. The molecule has 0 radical (unpaired) electrons. The Morgan fingerprint density at radius 2 is 2.47 bits per heavy atom. The Labute approximate surface area is 95.0 Å². The number of nitrogens with zero attached hydrogens (tertiary/aromatic N) is 1. The number of oxazole rings is 1. The number of aryl methyl sites for hydroxylation is 1. The molecular weight excluding hydrogens is 208 g/mol. The third-order valence-electron chi connectivity index (χ3n) is 2.85. The quantitative estimate of drug-likeness (QED) is 0.859. The van der Waals surface area contributed by atoms with Gasteiger partial charge in [-0.2, -0.15) is 11.8 Å². The fraction of sp³-hybridized carbons (Fsp3) is 0.727. The van der Waals surface area contributed by atoms with Crippen LogP contribution in [0.2, 0.25) is 0 Å². The van der Waals surface area contributed by atoms with Crippen LogP contribution in [0.25, 0.3) is 0 Å². The average molecular weight is 226 g/mol. The van der Waals surface area contributed by atoms with E-state index in [2.05, 4.69) is 24.1 Å². The van der Waals surface area contributed by atoms with Gasteiger partial charge in [-0.25, -0.2) is 4.98 Å². The molecule has 1 aromatic rings. The first-order valence-corrected chi connectivity index (χ1v) is 6.51. The number of hydrogen-bond donors (Lipinski definition) is 1. The Morgan fingerprint density at radius 3 is 3.00 bits per heavy atom. The molecule has 1 fully saturated rings.